The number of thioether (sulfide) groups is 1. The minimum absolute atomic E-state index is 0.0787. The molecule has 0 aliphatic carbocycles. The molecule has 0 saturated carbocycles. The zero-order valence-electron chi connectivity index (χ0n) is 12.9. The third-order valence-corrected chi connectivity index (χ3v) is 6.00. The molecule has 0 bridgehead atoms. The Morgan fingerprint density at radius 3 is 3.04 bits per heavy atom. The number of thiazole rings is 1. The largest absolute Gasteiger partial charge is 0.302 e. The molecule has 1 amide bonds. The van der Waals surface area contributed by atoms with Crippen LogP contribution in [-0.4, -0.2) is 26.2 Å². The van der Waals surface area contributed by atoms with E-state index in [-0.39, 0.29) is 17.4 Å². The zero-order chi connectivity index (χ0) is 16.7. The van der Waals surface area contributed by atoms with Gasteiger partial charge in [-0.25, -0.2) is 9.97 Å². The molecular weight excluding hydrogens is 344 g/mol. The van der Waals surface area contributed by atoms with E-state index in [1.807, 2.05) is 24.3 Å². The van der Waals surface area contributed by atoms with Crippen LogP contribution in [0.25, 0.3) is 10.2 Å². The van der Waals surface area contributed by atoms with Crippen molar-refractivity contribution in [3.05, 3.63) is 46.4 Å². The minimum atomic E-state index is -0.282. The predicted molar refractivity (Wildman–Crippen MR) is 95.7 cm³/mol. The number of fused-ring (bicyclic) bond motifs is 2. The van der Waals surface area contributed by atoms with Gasteiger partial charge in [-0.1, -0.05) is 35.2 Å². The van der Waals surface area contributed by atoms with E-state index >= 15 is 0 Å². The van der Waals surface area contributed by atoms with Gasteiger partial charge in [-0.3, -0.25) is 14.2 Å². The summed E-state index contributed by atoms with van der Waals surface area (Å²) in [4.78, 5) is 33.5. The van der Waals surface area contributed by atoms with Crippen LogP contribution in [0.2, 0.25) is 0 Å². The molecule has 1 atom stereocenters. The second-order valence-electron chi connectivity index (χ2n) is 5.62. The lowest BCUT2D eigenvalue weighted by atomic mass is 10.1. The standard InChI is InChI=1S/C16H14N4O2S2/c1-9-6-17-16-20(14(9)22)7-10(8-23-16)13(21)19-15-18-11-4-2-3-5-12(11)24-15/h2-6,10H,7-8H2,1H3,(H,18,19,21). The topological polar surface area (TPSA) is 76.9 Å². The van der Waals surface area contributed by atoms with E-state index in [0.29, 0.717) is 28.1 Å². The lowest BCUT2D eigenvalue weighted by molar-refractivity contribution is -0.119. The summed E-state index contributed by atoms with van der Waals surface area (Å²) in [7, 11) is 0. The molecule has 6 nitrogen and oxygen atoms in total. The first kappa shape index (κ1) is 15.3. The number of carbonyl (C=O) groups is 1. The van der Waals surface area contributed by atoms with Crippen molar-refractivity contribution in [2.24, 2.45) is 5.92 Å². The average Bonchev–Trinajstić information content (AvgIpc) is 3.00. The van der Waals surface area contributed by atoms with Crippen LogP contribution in [0.15, 0.2) is 40.4 Å². The number of rotatable bonds is 2. The van der Waals surface area contributed by atoms with Crippen molar-refractivity contribution in [2.75, 3.05) is 11.1 Å². The van der Waals surface area contributed by atoms with Gasteiger partial charge in [0, 0.05) is 24.1 Å². The number of hydrogen-bond donors (Lipinski definition) is 1. The molecule has 122 valence electrons. The summed E-state index contributed by atoms with van der Waals surface area (Å²) >= 11 is 2.89. The summed E-state index contributed by atoms with van der Waals surface area (Å²) in [5.41, 5.74) is 1.38. The molecule has 0 radical (unpaired) electrons. The van der Waals surface area contributed by atoms with Gasteiger partial charge < -0.3 is 5.32 Å². The van der Waals surface area contributed by atoms with Gasteiger partial charge in [-0.2, -0.15) is 0 Å². The van der Waals surface area contributed by atoms with Gasteiger partial charge in [-0.15, -0.1) is 0 Å². The van der Waals surface area contributed by atoms with E-state index in [4.69, 9.17) is 0 Å². The Morgan fingerprint density at radius 2 is 2.21 bits per heavy atom. The number of para-hydroxylation sites is 1. The Hall–Kier alpha value is -2.19. The van der Waals surface area contributed by atoms with Crippen molar-refractivity contribution in [3.63, 3.8) is 0 Å². The summed E-state index contributed by atoms with van der Waals surface area (Å²) in [5.74, 6) is 0.211. The molecule has 1 unspecified atom stereocenters. The van der Waals surface area contributed by atoms with Crippen molar-refractivity contribution < 1.29 is 4.79 Å². The lowest BCUT2D eigenvalue weighted by Gasteiger charge is -2.23. The highest BCUT2D eigenvalue weighted by Crippen LogP contribution is 2.28. The maximum Gasteiger partial charge on any atom is 0.257 e. The molecule has 1 aliphatic heterocycles. The fraction of sp³-hybridized carbons (Fsp3) is 0.250. The molecule has 3 aromatic rings. The lowest BCUT2D eigenvalue weighted by Crippen LogP contribution is -2.37. The van der Waals surface area contributed by atoms with Crippen molar-refractivity contribution in [1.29, 1.82) is 0 Å². The van der Waals surface area contributed by atoms with Gasteiger partial charge >= 0.3 is 0 Å². The van der Waals surface area contributed by atoms with Crippen LogP contribution >= 0.6 is 23.1 Å². The van der Waals surface area contributed by atoms with Crippen molar-refractivity contribution in [2.45, 2.75) is 18.6 Å². The highest BCUT2D eigenvalue weighted by Gasteiger charge is 2.27. The van der Waals surface area contributed by atoms with Crippen molar-refractivity contribution in [1.82, 2.24) is 14.5 Å². The van der Waals surface area contributed by atoms with Gasteiger partial charge in [0.25, 0.3) is 5.56 Å². The summed E-state index contributed by atoms with van der Waals surface area (Å²) in [6, 6.07) is 7.76. The van der Waals surface area contributed by atoms with Crippen LogP contribution in [0.5, 0.6) is 0 Å². The molecule has 1 aromatic carbocycles. The number of aryl methyl sites for hydroxylation is 1. The monoisotopic (exact) mass is 358 g/mol. The molecule has 0 saturated heterocycles. The fourth-order valence-electron chi connectivity index (χ4n) is 2.59. The molecular formula is C16H14N4O2S2. The Morgan fingerprint density at radius 1 is 1.38 bits per heavy atom. The summed E-state index contributed by atoms with van der Waals surface area (Å²) < 4.78 is 2.62. The van der Waals surface area contributed by atoms with Crippen molar-refractivity contribution >= 4 is 44.4 Å². The summed E-state index contributed by atoms with van der Waals surface area (Å²) in [6.45, 7) is 2.09. The van der Waals surface area contributed by atoms with Crippen LogP contribution in [0.4, 0.5) is 5.13 Å². The molecule has 2 aromatic heterocycles. The number of nitrogens with zero attached hydrogens (tertiary/aromatic N) is 3. The van der Waals surface area contributed by atoms with Gasteiger partial charge in [0.2, 0.25) is 5.91 Å². The average molecular weight is 358 g/mol. The number of amides is 1. The second-order valence-corrected chi connectivity index (χ2v) is 7.64. The number of anilines is 1. The SMILES string of the molecule is Cc1cnc2n(c1=O)CC(C(=O)Nc1nc3ccccc3s1)CS2. The van der Waals surface area contributed by atoms with Crippen LogP contribution in [0.3, 0.4) is 0 Å². The van der Waals surface area contributed by atoms with E-state index in [1.165, 1.54) is 23.1 Å². The predicted octanol–water partition coefficient (Wildman–Crippen LogP) is 2.52. The Balaban J connectivity index is 1.55. The molecule has 4 rings (SSSR count). The van der Waals surface area contributed by atoms with E-state index in [9.17, 15) is 9.59 Å². The molecule has 8 heteroatoms. The first-order valence-electron chi connectivity index (χ1n) is 7.47. The Labute approximate surface area is 145 Å². The smallest absolute Gasteiger partial charge is 0.257 e. The highest BCUT2D eigenvalue weighted by atomic mass is 32.2. The molecule has 1 aliphatic rings. The first-order chi connectivity index (χ1) is 11.6. The zero-order valence-corrected chi connectivity index (χ0v) is 14.5. The minimum Gasteiger partial charge on any atom is -0.302 e. The second kappa shape index (κ2) is 6.03. The Kier molecular flexibility index (Phi) is 3.85. The molecule has 0 fully saturated rings. The van der Waals surface area contributed by atoms with Crippen LogP contribution < -0.4 is 10.9 Å². The van der Waals surface area contributed by atoms with E-state index in [1.54, 1.807) is 17.7 Å². The van der Waals surface area contributed by atoms with Gasteiger partial charge in [-0.05, 0) is 19.1 Å². The number of carbonyl (C=O) groups excluding carboxylic acids is 1. The van der Waals surface area contributed by atoms with Gasteiger partial charge in [0.05, 0.1) is 16.1 Å². The highest BCUT2D eigenvalue weighted by molar-refractivity contribution is 7.99. The quantitative estimate of drug-likeness (QED) is 0.712. The maximum absolute atomic E-state index is 12.6. The van der Waals surface area contributed by atoms with E-state index < -0.39 is 0 Å². The van der Waals surface area contributed by atoms with Crippen LogP contribution in [-0.2, 0) is 11.3 Å². The van der Waals surface area contributed by atoms with Crippen LogP contribution in [0, 0.1) is 12.8 Å². The molecule has 24 heavy (non-hydrogen) atoms. The van der Waals surface area contributed by atoms with Crippen LogP contribution in [0.1, 0.15) is 5.56 Å². The third kappa shape index (κ3) is 2.71. The summed E-state index contributed by atoms with van der Waals surface area (Å²) in [5, 5.41) is 4.15. The maximum atomic E-state index is 12.6. The summed E-state index contributed by atoms with van der Waals surface area (Å²) in [6.07, 6.45) is 1.59. The van der Waals surface area contributed by atoms with E-state index in [2.05, 4.69) is 15.3 Å². The third-order valence-electron chi connectivity index (χ3n) is 3.89. The Bertz CT molecular complexity index is 962. The van der Waals surface area contributed by atoms with Gasteiger partial charge in [0.15, 0.2) is 10.3 Å². The number of nitrogens with one attached hydrogen (secondary N) is 1. The van der Waals surface area contributed by atoms with Crippen molar-refractivity contribution in [3.8, 4) is 0 Å². The molecule has 0 spiro atoms. The fourth-order valence-corrected chi connectivity index (χ4v) is 4.51. The molecule has 3 heterocycles. The molecule has 1 N–H and O–H groups in total. The number of aromatic nitrogens is 3. The number of benzene rings is 1. The normalized spacial score (nSPS) is 16.8. The van der Waals surface area contributed by atoms with E-state index in [0.717, 1.165) is 10.2 Å². The number of hydrogen-bond acceptors (Lipinski definition) is 6. The van der Waals surface area contributed by atoms with Gasteiger partial charge in [0.1, 0.15) is 0 Å². The first-order valence-corrected chi connectivity index (χ1v) is 9.28.